The van der Waals surface area contributed by atoms with E-state index in [4.69, 9.17) is 9.47 Å². The number of halogens is 1. The van der Waals surface area contributed by atoms with Crippen LogP contribution in [0.1, 0.15) is 52.0 Å². The summed E-state index contributed by atoms with van der Waals surface area (Å²) < 4.78 is 26.8. The Morgan fingerprint density at radius 3 is 2.77 bits per heavy atom. The predicted octanol–water partition coefficient (Wildman–Crippen LogP) is 3.07. The summed E-state index contributed by atoms with van der Waals surface area (Å²) in [6, 6.07) is 5.96. The highest BCUT2D eigenvalue weighted by molar-refractivity contribution is 5.87. The standard InChI is InChI=1S/C29H40FN5O4/c1-29(2,3)39-28(37)35-22-8-6-19(14-22)26(35)27(36)32-20(16-31)13-18-5-7-21(15-23(18)30)34-10-9-24-25(17-34)38-12-11-33(24)4/h5,7,15,19-20,22,24-26H,6,8-14,17H2,1-4H3,(H,32,36)/t19-,20-,22+,24-,25-,26-/m0/s1. The molecule has 5 rings (SSSR count). The van der Waals surface area contributed by atoms with Crippen molar-refractivity contribution in [2.45, 2.75) is 88.7 Å². The highest BCUT2D eigenvalue weighted by Crippen LogP contribution is 2.43. The second-order valence-corrected chi connectivity index (χ2v) is 12.4. The molecular formula is C29H40FN5O4. The van der Waals surface area contributed by atoms with Gasteiger partial charge in [0.05, 0.1) is 18.8 Å². The molecule has 0 unspecified atom stereocenters. The number of nitriles is 1. The van der Waals surface area contributed by atoms with E-state index in [1.54, 1.807) is 31.7 Å². The van der Waals surface area contributed by atoms with Gasteiger partial charge in [-0.2, -0.15) is 5.26 Å². The van der Waals surface area contributed by atoms with Crippen LogP contribution in [-0.2, 0) is 20.7 Å². The molecule has 0 spiro atoms. The topological polar surface area (TPSA) is 98.1 Å². The molecule has 2 bridgehead atoms. The van der Waals surface area contributed by atoms with Crippen molar-refractivity contribution in [1.29, 1.82) is 5.26 Å². The zero-order valence-electron chi connectivity index (χ0n) is 23.4. The van der Waals surface area contributed by atoms with Gasteiger partial charge in [0.1, 0.15) is 23.5 Å². The molecule has 6 atom stereocenters. The molecular weight excluding hydrogens is 501 g/mol. The number of nitrogens with one attached hydrogen (secondary N) is 1. The van der Waals surface area contributed by atoms with Crippen molar-refractivity contribution >= 4 is 17.7 Å². The molecule has 4 aliphatic rings. The lowest BCUT2D eigenvalue weighted by Crippen LogP contribution is -2.58. The minimum Gasteiger partial charge on any atom is -0.444 e. The van der Waals surface area contributed by atoms with Crippen LogP contribution in [0.3, 0.4) is 0 Å². The lowest BCUT2D eigenvalue weighted by molar-refractivity contribution is -0.128. The van der Waals surface area contributed by atoms with Crippen LogP contribution in [0.25, 0.3) is 0 Å². The lowest BCUT2D eigenvalue weighted by atomic mass is 9.97. The molecule has 0 radical (unpaired) electrons. The molecule has 39 heavy (non-hydrogen) atoms. The summed E-state index contributed by atoms with van der Waals surface area (Å²) in [4.78, 5) is 32.3. The van der Waals surface area contributed by atoms with E-state index in [0.29, 0.717) is 24.8 Å². The van der Waals surface area contributed by atoms with Crippen molar-refractivity contribution in [3.05, 3.63) is 29.6 Å². The Morgan fingerprint density at radius 2 is 2.05 bits per heavy atom. The molecule has 1 aromatic carbocycles. The molecule has 2 amide bonds. The van der Waals surface area contributed by atoms with Crippen molar-refractivity contribution < 1.29 is 23.5 Å². The zero-order valence-corrected chi connectivity index (χ0v) is 23.4. The van der Waals surface area contributed by atoms with E-state index in [1.807, 2.05) is 6.07 Å². The maximum absolute atomic E-state index is 15.2. The van der Waals surface area contributed by atoms with Crippen LogP contribution < -0.4 is 10.2 Å². The van der Waals surface area contributed by atoms with Gasteiger partial charge in [-0.05, 0) is 77.1 Å². The van der Waals surface area contributed by atoms with Crippen LogP contribution in [0.5, 0.6) is 0 Å². The Morgan fingerprint density at radius 1 is 1.26 bits per heavy atom. The summed E-state index contributed by atoms with van der Waals surface area (Å²) in [5.41, 5.74) is 0.485. The Labute approximate surface area is 230 Å². The number of piperidine rings is 2. The number of hydrogen-bond acceptors (Lipinski definition) is 7. The summed E-state index contributed by atoms with van der Waals surface area (Å²) in [5, 5.41) is 12.6. The molecule has 3 aliphatic heterocycles. The van der Waals surface area contributed by atoms with E-state index in [-0.39, 0.29) is 30.4 Å². The third-order valence-corrected chi connectivity index (χ3v) is 8.62. The van der Waals surface area contributed by atoms with Crippen LogP contribution in [0.15, 0.2) is 18.2 Å². The smallest absolute Gasteiger partial charge is 0.411 e. The van der Waals surface area contributed by atoms with Gasteiger partial charge >= 0.3 is 6.09 Å². The van der Waals surface area contributed by atoms with Crippen LogP contribution in [0.4, 0.5) is 14.9 Å². The summed E-state index contributed by atoms with van der Waals surface area (Å²) >= 11 is 0. The van der Waals surface area contributed by atoms with Gasteiger partial charge < -0.3 is 19.7 Å². The normalized spacial score (nSPS) is 29.5. The van der Waals surface area contributed by atoms with E-state index in [2.05, 4.69) is 28.2 Å². The molecule has 3 saturated heterocycles. The minimum atomic E-state index is -0.917. The van der Waals surface area contributed by atoms with Crippen molar-refractivity contribution in [2.75, 3.05) is 38.2 Å². The SMILES string of the molecule is CN1CCO[C@H]2CN(c3ccc(C[C@@H](C#N)NC(=O)[C@@H]4[C@H]5CC[C@H](C5)N4C(=O)OC(C)(C)C)c(F)c3)CC[C@@H]21. The van der Waals surface area contributed by atoms with E-state index in [1.165, 1.54) is 6.07 Å². The molecule has 0 aromatic heterocycles. The Kier molecular flexibility index (Phi) is 7.75. The monoisotopic (exact) mass is 541 g/mol. The average Bonchev–Trinajstić information content (AvgIpc) is 3.50. The second kappa shape index (κ2) is 10.9. The van der Waals surface area contributed by atoms with Gasteiger partial charge in [-0.15, -0.1) is 0 Å². The highest BCUT2D eigenvalue weighted by atomic mass is 19.1. The largest absolute Gasteiger partial charge is 0.444 e. The van der Waals surface area contributed by atoms with Crippen molar-refractivity contribution in [1.82, 2.24) is 15.1 Å². The van der Waals surface area contributed by atoms with Crippen LogP contribution in [-0.4, -0.2) is 91.0 Å². The molecule has 4 fully saturated rings. The number of rotatable bonds is 5. The third kappa shape index (κ3) is 5.85. The molecule has 1 saturated carbocycles. The molecule has 3 heterocycles. The van der Waals surface area contributed by atoms with Crippen molar-refractivity contribution in [3.8, 4) is 6.07 Å². The number of carbonyl (C=O) groups is 2. The number of amides is 2. The Bertz CT molecular complexity index is 1130. The maximum atomic E-state index is 15.2. The number of fused-ring (bicyclic) bond motifs is 3. The molecule has 10 heteroatoms. The first kappa shape index (κ1) is 27.7. The van der Waals surface area contributed by atoms with Crippen molar-refractivity contribution in [2.24, 2.45) is 5.92 Å². The van der Waals surface area contributed by atoms with Gasteiger partial charge in [-0.25, -0.2) is 9.18 Å². The number of ether oxygens (including phenoxy) is 2. The maximum Gasteiger partial charge on any atom is 0.411 e. The van der Waals surface area contributed by atoms with Gasteiger partial charge in [0, 0.05) is 43.8 Å². The number of benzene rings is 1. The van der Waals surface area contributed by atoms with Crippen molar-refractivity contribution in [3.63, 3.8) is 0 Å². The van der Waals surface area contributed by atoms with E-state index < -0.39 is 29.6 Å². The van der Waals surface area contributed by atoms with Crippen LogP contribution >= 0.6 is 0 Å². The van der Waals surface area contributed by atoms with Crippen LogP contribution in [0.2, 0.25) is 0 Å². The number of likely N-dealkylation sites (N-methyl/N-ethyl adjacent to an activating group) is 1. The molecule has 1 aliphatic carbocycles. The number of likely N-dealkylation sites (tertiary alicyclic amines) is 1. The highest BCUT2D eigenvalue weighted by Gasteiger charge is 2.52. The number of anilines is 1. The minimum absolute atomic E-state index is 0.0319. The van der Waals surface area contributed by atoms with E-state index >= 15 is 4.39 Å². The van der Waals surface area contributed by atoms with E-state index in [0.717, 1.165) is 44.5 Å². The van der Waals surface area contributed by atoms with Crippen LogP contribution in [0, 0.1) is 23.1 Å². The molecule has 1 N–H and O–H groups in total. The number of carbonyl (C=O) groups excluding carboxylic acids is 2. The summed E-state index contributed by atoms with van der Waals surface area (Å²) in [6.07, 6.45) is 3.05. The number of hydrogen-bond donors (Lipinski definition) is 1. The second-order valence-electron chi connectivity index (χ2n) is 12.4. The fourth-order valence-corrected chi connectivity index (χ4v) is 6.73. The first-order valence-electron chi connectivity index (χ1n) is 14.1. The zero-order chi connectivity index (χ0) is 27.9. The predicted molar refractivity (Wildman–Crippen MR) is 144 cm³/mol. The Hall–Kier alpha value is -2.90. The first-order chi connectivity index (χ1) is 18.5. The summed E-state index contributed by atoms with van der Waals surface area (Å²) in [6.45, 7) is 8.56. The number of morpholine rings is 1. The molecule has 1 aromatic rings. The number of nitrogens with zero attached hydrogens (tertiary/aromatic N) is 4. The lowest BCUT2D eigenvalue weighted by Gasteiger charge is -2.46. The fourth-order valence-electron chi connectivity index (χ4n) is 6.73. The molecule has 9 nitrogen and oxygen atoms in total. The van der Waals surface area contributed by atoms with Gasteiger partial charge in [0.25, 0.3) is 0 Å². The van der Waals surface area contributed by atoms with Gasteiger partial charge in [0.2, 0.25) is 5.91 Å². The van der Waals surface area contributed by atoms with Gasteiger partial charge in [-0.3, -0.25) is 14.6 Å². The van der Waals surface area contributed by atoms with Gasteiger partial charge in [-0.1, -0.05) is 6.07 Å². The fraction of sp³-hybridized carbons (Fsp3) is 0.690. The quantitative estimate of drug-likeness (QED) is 0.612. The van der Waals surface area contributed by atoms with Gasteiger partial charge in [0.15, 0.2) is 0 Å². The molecule has 212 valence electrons. The first-order valence-corrected chi connectivity index (χ1v) is 14.1. The summed E-state index contributed by atoms with van der Waals surface area (Å²) in [5.74, 6) is -0.743. The third-order valence-electron chi connectivity index (χ3n) is 8.62. The average molecular weight is 542 g/mol. The van der Waals surface area contributed by atoms with E-state index in [9.17, 15) is 14.9 Å². The Balaban J connectivity index is 1.22. The summed E-state index contributed by atoms with van der Waals surface area (Å²) in [7, 11) is 2.13.